The fourth-order valence-electron chi connectivity index (χ4n) is 2.30. The molecule has 0 radical (unpaired) electrons. The van der Waals surface area contributed by atoms with E-state index in [0.717, 1.165) is 23.7 Å². The number of rotatable bonds is 4. The standard InChI is InChI=1S/C15H17N3O/c16-9-14(11-5-6-11)18-15(19)13-8-7-10-3-1-2-4-12(10)17-13/h1-4,7-8,11,14H,5-6,9,16H2,(H,18,19). The molecule has 1 aliphatic rings. The van der Waals surface area contributed by atoms with Gasteiger partial charge in [0.15, 0.2) is 0 Å². The van der Waals surface area contributed by atoms with Gasteiger partial charge in [0.2, 0.25) is 0 Å². The molecule has 1 unspecified atom stereocenters. The first kappa shape index (κ1) is 12.1. The van der Waals surface area contributed by atoms with Gasteiger partial charge in [-0.3, -0.25) is 4.79 Å². The van der Waals surface area contributed by atoms with Crippen molar-refractivity contribution in [3.63, 3.8) is 0 Å². The molecule has 2 aromatic rings. The minimum Gasteiger partial charge on any atom is -0.346 e. The Morgan fingerprint density at radius 3 is 2.84 bits per heavy atom. The number of aromatic nitrogens is 1. The van der Waals surface area contributed by atoms with Gasteiger partial charge in [-0.1, -0.05) is 24.3 Å². The Labute approximate surface area is 112 Å². The summed E-state index contributed by atoms with van der Waals surface area (Å²) >= 11 is 0. The molecule has 1 atom stereocenters. The van der Waals surface area contributed by atoms with E-state index in [2.05, 4.69) is 10.3 Å². The van der Waals surface area contributed by atoms with Crippen LogP contribution in [0.2, 0.25) is 0 Å². The second-order valence-electron chi connectivity index (χ2n) is 5.04. The Bertz CT molecular complexity index is 607. The van der Waals surface area contributed by atoms with Crippen molar-refractivity contribution >= 4 is 16.8 Å². The van der Waals surface area contributed by atoms with E-state index in [1.54, 1.807) is 6.07 Å². The van der Waals surface area contributed by atoms with Crippen LogP contribution in [0.3, 0.4) is 0 Å². The van der Waals surface area contributed by atoms with Crippen molar-refractivity contribution in [1.82, 2.24) is 10.3 Å². The van der Waals surface area contributed by atoms with Gasteiger partial charge in [-0.05, 0) is 30.9 Å². The number of nitrogens with zero attached hydrogens (tertiary/aromatic N) is 1. The summed E-state index contributed by atoms with van der Waals surface area (Å²) in [6, 6.07) is 11.5. The van der Waals surface area contributed by atoms with Gasteiger partial charge in [-0.15, -0.1) is 0 Å². The highest BCUT2D eigenvalue weighted by molar-refractivity contribution is 5.95. The molecule has 19 heavy (non-hydrogen) atoms. The number of carbonyl (C=O) groups is 1. The van der Waals surface area contributed by atoms with Crippen LogP contribution in [0.1, 0.15) is 23.3 Å². The van der Waals surface area contributed by atoms with Crippen LogP contribution < -0.4 is 11.1 Å². The predicted octanol–water partition coefficient (Wildman–Crippen LogP) is 1.70. The number of amides is 1. The van der Waals surface area contributed by atoms with E-state index < -0.39 is 0 Å². The largest absolute Gasteiger partial charge is 0.346 e. The summed E-state index contributed by atoms with van der Waals surface area (Å²) in [4.78, 5) is 16.6. The molecular formula is C15H17N3O. The number of nitrogens with two attached hydrogens (primary N) is 1. The molecule has 0 spiro atoms. The van der Waals surface area contributed by atoms with Crippen LogP contribution in [0.25, 0.3) is 10.9 Å². The number of benzene rings is 1. The number of carbonyl (C=O) groups excluding carboxylic acids is 1. The van der Waals surface area contributed by atoms with Gasteiger partial charge in [0, 0.05) is 18.0 Å². The normalized spacial score (nSPS) is 16.3. The van der Waals surface area contributed by atoms with Crippen LogP contribution >= 0.6 is 0 Å². The first-order valence-corrected chi connectivity index (χ1v) is 6.64. The molecule has 1 aromatic heterocycles. The highest BCUT2D eigenvalue weighted by Gasteiger charge is 2.31. The average molecular weight is 255 g/mol. The average Bonchev–Trinajstić information content (AvgIpc) is 3.28. The highest BCUT2D eigenvalue weighted by Crippen LogP contribution is 2.32. The van der Waals surface area contributed by atoms with E-state index in [-0.39, 0.29) is 11.9 Å². The van der Waals surface area contributed by atoms with Crippen molar-refractivity contribution in [3.8, 4) is 0 Å². The Kier molecular flexibility index (Phi) is 3.17. The van der Waals surface area contributed by atoms with E-state index >= 15 is 0 Å². The molecule has 0 aliphatic heterocycles. The molecule has 4 heteroatoms. The first-order chi connectivity index (χ1) is 9.28. The molecule has 0 saturated heterocycles. The third-order valence-corrected chi connectivity index (χ3v) is 3.59. The third kappa shape index (κ3) is 2.58. The zero-order valence-corrected chi connectivity index (χ0v) is 10.7. The minimum absolute atomic E-state index is 0.0840. The number of nitrogens with one attached hydrogen (secondary N) is 1. The summed E-state index contributed by atoms with van der Waals surface area (Å²) < 4.78 is 0. The fourth-order valence-corrected chi connectivity index (χ4v) is 2.30. The molecule has 3 rings (SSSR count). The molecular weight excluding hydrogens is 238 g/mol. The van der Waals surface area contributed by atoms with E-state index in [0.29, 0.717) is 18.2 Å². The molecule has 1 aromatic carbocycles. The zero-order valence-electron chi connectivity index (χ0n) is 10.7. The Morgan fingerprint density at radius 2 is 2.11 bits per heavy atom. The van der Waals surface area contributed by atoms with Gasteiger partial charge < -0.3 is 11.1 Å². The Hall–Kier alpha value is -1.94. The molecule has 98 valence electrons. The summed E-state index contributed by atoms with van der Waals surface area (Å²) in [7, 11) is 0. The summed E-state index contributed by atoms with van der Waals surface area (Å²) in [5.74, 6) is 0.419. The number of fused-ring (bicyclic) bond motifs is 1. The van der Waals surface area contributed by atoms with Crippen LogP contribution in [0.15, 0.2) is 36.4 Å². The van der Waals surface area contributed by atoms with Gasteiger partial charge in [0.1, 0.15) is 5.69 Å². The molecule has 1 fully saturated rings. The van der Waals surface area contributed by atoms with Crippen LogP contribution in [0, 0.1) is 5.92 Å². The van der Waals surface area contributed by atoms with Crippen molar-refractivity contribution in [2.45, 2.75) is 18.9 Å². The van der Waals surface area contributed by atoms with E-state index in [4.69, 9.17) is 5.73 Å². The van der Waals surface area contributed by atoms with Crippen molar-refractivity contribution < 1.29 is 4.79 Å². The second kappa shape index (κ2) is 4.97. The van der Waals surface area contributed by atoms with Crippen LogP contribution in [-0.4, -0.2) is 23.5 Å². The molecule has 1 amide bonds. The molecule has 1 saturated carbocycles. The lowest BCUT2D eigenvalue weighted by Crippen LogP contribution is -2.42. The lowest BCUT2D eigenvalue weighted by atomic mass is 10.1. The van der Waals surface area contributed by atoms with Crippen LogP contribution in [-0.2, 0) is 0 Å². The molecule has 1 heterocycles. The van der Waals surface area contributed by atoms with Crippen molar-refractivity contribution in [2.75, 3.05) is 6.54 Å². The van der Waals surface area contributed by atoms with E-state index in [9.17, 15) is 4.79 Å². The topological polar surface area (TPSA) is 68.0 Å². The zero-order chi connectivity index (χ0) is 13.2. The second-order valence-corrected chi connectivity index (χ2v) is 5.04. The molecule has 3 N–H and O–H groups in total. The predicted molar refractivity (Wildman–Crippen MR) is 74.8 cm³/mol. The van der Waals surface area contributed by atoms with Crippen molar-refractivity contribution in [1.29, 1.82) is 0 Å². The third-order valence-electron chi connectivity index (χ3n) is 3.59. The van der Waals surface area contributed by atoms with Gasteiger partial charge in [0.25, 0.3) is 5.91 Å². The smallest absolute Gasteiger partial charge is 0.270 e. The van der Waals surface area contributed by atoms with Crippen LogP contribution in [0.4, 0.5) is 0 Å². The number of hydrogen-bond acceptors (Lipinski definition) is 3. The first-order valence-electron chi connectivity index (χ1n) is 6.64. The molecule has 4 nitrogen and oxygen atoms in total. The van der Waals surface area contributed by atoms with Crippen LogP contribution in [0.5, 0.6) is 0 Å². The lowest BCUT2D eigenvalue weighted by molar-refractivity contribution is 0.0929. The van der Waals surface area contributed by atoms with Crippen molar-refractivity contribution in [3.05, 3.63) is 42.1 Å². The van der Waals surface area contributed by atoms with Gasteiger partial charge in [0.05, 0.1) is 5.52 Å². The molecule has 1 aliphatic carbocycles. The van der Waals surface area contributed by atoms with Gasteiger partial charge in [-0.2, -0.15) is 0 Å². The highest BCUT2D eigenvalue weighted by atomic mass is 16.1. The quantitative estimate of drug-likeness (QED) is 0.873. The Balaban J connectivity index is 1.80. The number of para-hydroxylation sites is 1. The minimum atomic E-state index is -0.131. The Morgan fingerprint density at radius 1 is 1.32 bits per heavy atom. The van der Waals surface area contributed by atoms with Gasteiger partial charge in [-0.25, -0.2) is 4.98 Å². The maximum absolute atomic E-state index is 12.2. The summed E-state index contributed by atoms with van der Waals surface area (Å²) in [5.41, 5.74) is 6.99. The molecule has 0 bridgehead atoms. The maximum atomic E-state index is 12.2. The SMILES string of the molecule is NCC(NC(=O)c1ccc2ccccc2n1)C1CC1. The van der Waals surface area contributed by atoms with E-state index in [1.807, 2.05) is 30.3 Å². The van der Waals surface area contributed by atoms with Gasteiger partial charge >= 0.3 is 0 Å². The monoisotopic (exact) mass is 255 g/mol. The van der Waals surface area contributed by atoms with Crippen molar-refractivity contribution in [2.24, 2.45) is 11.7 Å². The summed E-state index contributed by atoms with van der Waals surface area (Å²) in [6.45, 7) is 0.490. The van der Waals surface area contributed by atoms with E-state index in [1.165, 1.54) is 0 Å². The summed E-state index contributed by atoms with van der Waals surface area (Å²) in [5, 5.41) is 4.02. The number of pyridine rings is 1. The number of hydrogen-bond donors (Lipinski definition) is 2. The lowest BCUT2D eigenvalue weighted by Gasteiger charge is -2.15. The fraction of sp³-hybridized carbons (Fsp3) is 0.333. The summed E-state index contributed by atoms with van der Waals surface area (Å²) in [6.07, 6.45) is 2.32. The maximum Gasteiger partial charge on any atom is 0.270 e.